The zero-order valence-corrected chi connectivity index (χ0v) is 15.7. The van der Waals surface area contributed by atoms with Gasteiger partial charge in [0.05, 0.1) is 6.04 Å². The predicted molar refractivity (Wildman–Crippen MR) is 98.0 cm³/mol. The third-order valence-corrected chi connectivity index (χ3v) is 4.54. The zero-order valence-electron chi connectivity index (χ0n) is 15.7. The Balaban J connectivity index is 1.81. The summed E-state index contributed by atoms with van der Waals surface area (Å²) in [6.07, 6.45) is 3.58. The maximum atomic E-state index is 12.5. The molecule has 0 radical (unpaired) electrons. The van der Waals surface area contributed by atoms with Gasteiger partial charge in [0.15, 0.2) is 0 Å². The van der Waals surface area contributed by atoms with Crippen molar-refractivity contribution < 1.29 is 9.53 Å². The molecule has 0 bridgehead atoms. The van der Waals surface area contributed by atoms with Gasteiger partial charge in [0, 0.05) is 24.1 Å². The highest BCUT2D eigenvalue weighted by atomic mass is 16.6. The fraction of sp³-hybridized carbons (Fsp3) is 0.500. The number of nitrogens with zero attached hydrogens (tertiary/aromatic N) is 3. The van der Waals surface area contributed by atoms with E-state index in [0.29, 0.717) is 0 Å². The van der Waals surface area contributed by atoms with E-state index in [4.69, 9.17) is 4.74 Å². The summed E-state index contributed by atoms with van der Waals surface area (Å²) in [7, 11) is 0. The molecule has 2 aromatic rings. The molecule has 0 aliphatic carbocycles. The van der Waals surface area contributed by atoms with Crippen LogP contribution in [0.4, 0.5) is 4.79 Å². The van der Waals surface area contributed by atoms with E-state index in [9.17, 15) is 4.79 Å². The average Bonchev–Trinajstić information content (AvgIpc) is 3.13. The second-order valence-corrected chi connectivity index (χ2v) is 7.73. The molecule has 1 fully saturated rings. The smallest absolute Gasteiger partial charge is 0.410 e. The lowest BCUT2D eigenvalue weighted by Crippen LogP contribution is -2.36. The molecule has 2 aromatic heterocycles. The minimum absolute atomic E-state index is 0.0447. The number of ether oxygens (including phenoxy) is 1. The van der Waals surface area contributed by atoms with Gasteiger partial charge in [0.2, 0.25) is 0 Å². The minimum atomic E-state index is -0.476. The third kappa shape index (κ3) is 3.70. The summed E-state index contributed by atoms with van der Waals surface area (Å²) in [5.74, 6) is 0.908. The number of aryl methyl sites for hydroxylation is 2. The molecule has 25 heavy (non-hydrogen) atoms. The highest BCUT2D eigenvalue weighted by molar-refractivity contribution is 5.69. The Kier molecular flexibility index (Phi) is 4.58. The first kappa shape index (κ1) is 17.5. The molecule has 1 aliphatic rings. The summed E-state index contributed by atoms with van der Waals surface area (Å²) in [5, 5.41) is 0. The highest BCUT2D eigenvalue weighted by Gasteiger charge is 2.33. The number of amides is 1. The zero-order chi connectivity index (χ0) is 18.2. The van der Waals surface area contributed by atoms with Gasteiger partial charge in [-0.1, -0.05) is 6.07 Å². The summed E-state index contributed by atoms with van der Waals surface area (Å²) in [5.41, 5.74) is 2.91. The van der Waals surface area contributed by atoms with Crippen LogP contribution in [0.2, 0.25) is 0 Å². The number of carbonyl (C=O) groups is 1. The van der Waals surface area contributed by atoms with Crippen LogP contribution in [0.15, 0.2) is 30.5 Å². The van der Waals surface area contributed by atoms with E-state index in [1.165, 1.54) is 0 Å². The fourth-order valence-electron chi connectivity index (χ4n) is 3.41. The normalized spacial score (nSPS) is 17.8. The molecule has 0 unspecified atom stereocenters. The minimum Gasteiger partial charge on any atom is -0.444 e. The molecule has 1 aliphatic heterocycles. The monoisotopic (exact) mass is 341 g/mol. The van der Waals surface area contributed by atoms with Gasteiger partial charge in [-0.2, -0.15) is 0 Å². The quantitative estimate of drug-likeness (QED) is 0.804. The van der Waals surface area contributed by atoms with E-state index in [1.54, 1.807) is 0 Å². The van der Waals surface area contributed by atoms with Crippen molar-refractivity contribution in [2.75, 3.05) is 6.54 Å². The number of rotatable bonds is 2. The Labute approximate surface area is 149 Å². The summed E-state index contributed by atoms with van der Waals surface area (Å²) < 4.78 is 7.68. The molecule has 5 nitrogen and oxygen atoms in total. The van der Waals surface area contributed by atoms with Crippen molar-refractivity contribution in [3.63, 3.8) is 0 Å². The highest BCUT2D eigenvalue weighted by Crippen LogP contribution is 2.33. The van der Waals surface area contributed by atoms with E-state index in [1.807, 2.05) is 37.9 Å². The van der Waals surface area contributed by atoms with Crippen LogP contribution >= 0.6 is 0 Å². The number of hydrogen-bond donors (Lipinski definition) is 0. The molecule has 0 saturated carbocycles. The van der Waals surface area contributed by atoms with Crippen molar-refractivity contribution in [2.45, 2.75) is 59.1 Å². The van der Waals surface area contributed by atoms with Gasteiger partial charge in [-0.3, -0.25) is 0 Å². The molecule has 1 saturated heterocycles. The van der Waals surface area contributed by atoms with Crippen molar-refractivity contribution in [1.29, 1.82) is 0 Å². The van der Waals surface area contributed by atoms with Crippen LogP contribution in [0, 0.1) is 13.8 Å². The number of hydrogen-bond acceptors (Lipinski definition) is 3. The predicted octanol–water partition coefficient (Wildman–Crippen LogP) is 4.56. The van der Waals surface area contributed by atoms with Crippen LogP contribution in [0.1, 0.15) is 56.6 Å². The number of pyridine rings is 1. The van der Waals surface area contributed by atoms with Crippen molar-refractivity contribution in [3.8, 4) is 5.82 Å². The third-order valence-electron chi connectivity index (χ3n) is 4.54. The summed E-state index contributed by atoms with van der Waals surface area (Å²) in [6.45, 7) is 10.6. The van der Waals surface area contributed by atoms with E-state index in [0.717, 1.165) is 42.2 Å². The number of likely N-dealkylation sites (tertiary alicyclic amines) is 1. The van der Waals surface area contributed by atoms with E-state index in [-0.39, 0.29) is 12.1 Å². The number of carbonyl (C=O) groups excluding carboxylic acids is 1. The van der Waals surface area contributed by atoms with E-state index >= 15 is 0 Å². The first-order chi connectivity index (χ1) is 11.8. The molecule has 0 spiro atoms. The topological polar surface area (TPSA) is 47.4 Å². The molecule has 1 atom stereocenters. The van der Waals surface area contributed by atoms with Gasteiger partial charge < -0.3 is 14.2 Å². The van der Waals surface area contributed by atoms with Gasteiger partial charge in [-0.25, -0.2) is 9.78 Å². The largest absolute Gasteiger partial charge is 0.444 e. The SMILES string of the molecule is Cc1ccc(C)n1-c1ccc([C@H]2CCCN2C(=O)OC(C)(C)C)cn1. The average molecular weight is 341 g/mol. The van der Waals surface area contributed by atoms with Crippen LogP contribution in [0.25, 0.3) is 5.82 Å². The fourth-order valence-corrected chi connectivity index (χ4v) is 3.41. The van der Waals surface area contributed by atoms with Crippen molar-refractivity contribution in [2.24, 2.45) is 0 Å². The summed E-state index contributed by atoms with van der Waals surface area (Å²) in [6, 6.07) is 8.33. The Bertz CT molecular complexity index is 737. The van der Waals surface area contributed by atoms with E-state index < -0.39 is 5.60 Å². The van der Waals surface area contributed by atoms with Crippen LogP contribution in [-0.4, -0.2) is 32.7 Å². The maximum absolute atomic E-state index is 12.5. The van der Waals surface area contributed by atoms with Gasteiger partial charge in [-0.15, -0.1) is 0 Å². The maximum Gasteiger partial charge on any atom is 0.410 e. The Morgan fingerprint density at radius 3 is 2.40 bits per heavy atom. The molecule has 3 heterocycles. The number of aromatic nitrogens is 2. The molecule has 3 rings (SSSR count). The summed E-state index contributed by atoms with van der Waals surface area (Å²) >= 11 is 0. The second kappa shape index (κ2) is 6.54. The van der Waals surface area contributed by atoms with Crippen LogP contribution in [-0.2, 0) is 4.74 Å². The van der Waals surface area contributed by atoms with Gasteiger partial charge in [0.1, 0.15) is 11.4 Å². The van der Waals surface area contributed by atoms with Crippen molar-refractivity contribution in [3.05, 3.63) is 47.4 Å². The van der Waals surface area contributed by atoms with Crippen LogP contribution in [0.5, 0.6) is 0 Å². The van der Waals surface area contributed by atoms with E-state index in [2.05, 4.69) is 41.6 Å². The molecule has 0 N–H and O–H groups in total. The molecule has 5 heteroatoms. The first-order valence-corrected chi connectivity index (χ1v) is 8.87. The Morgan fingerprint density at radius 1 is 1.16 bits per heavy atom. The lowest BCUT2D eigenvalue weighted by Gasteiger charge is -2.28. The van der Waals surface area contributed by atoms with Crippen molar-refractivity contribution in [1.82, 2.24) is 14.5 Å². The van der Waals surface area contributed by atoms with Gasteiger partial charge >= 0.3 is 6.09 Å². The second-order valence-electron chi connectivity index (χ2n) is 7.73. The Hall–Kier alpha value is -2.30. The Morgan fingerprint density at radius 2 is 1.84 bits per heavy atom. The molecular formula is C20H27N3O2. The molecule has 1 amide bonds. The summed E-state index contributed by atoms with van der Waals surface area (Å²) in [4.78, 5) is 18.9. The first-order valence-electron chi connectivity index (χ1n) is 8.87. The van der Waals surface area contributed by atoms with Crippen LogP contribution in [0.3, 0.4) is 0 Å². The van der Waals surface area contributed by atoms with Gasteiger partial charge in [-0.05, 0) is 71.2 Å². The molecule has 134 valence electrons. The van der Waals surface area contributed by atoms with Crippen LogP contribution < -0.4 is 0 Å². The molecular weight excluding hydrogens is 314 g/mol. The standard InChI is InChI=1S/C20H27N3O2/c1-14-8-9-15(2)23(14)18-11-10-16(13-21-18)17-7-6-12-22(17)19(24)25-20(3,4)5/h8-11,13,17H,6-7,12H2,1-5H3/t17-/m1/s1. The van der Waals surface area contributed by atoms with Gasteiger partial charge in [0.25, 0.3) is 0 Å². The molecule has 0 aromatic carbocycles. The van der Waals surface area contributed by atoms with Crippen molar-refractivity contribution >= 4 is 6.09 Å². The lowest BCUT2D eigenvalue weighted by molar-refractivity contribution is 0.0224. The lowest BCUT2D eigenvalue weighted by atomic mass is 10.1.